The molecule has 0 fully saturated rings. The summed E-state index contributed by atoms with van der Waals surface area (Å²) in [6.45, 7) is 8.91. The average Bonchev–Trinajstić information content (AvgIpc) is 2.36. The molecule has 0 saturated heterocycles. The number of hydrogen-bond donors (Lipinski definition) is 1. The number of rotatable bonds is 7. The zero-order valence-electron chi connectivity index (χ0n) is 12.5. The predicted octanol–water partition coefficient (Wildman–Crippen LogP) is 3.41. The summed E-state index contributed by atoms with van der Waals surface area (Å²) in [5, 5.41) is 3.41. The summed E-state index contributed by atoms with van der Waals surface area (Å²) in [6.07, 6.45) is 1.21. The van der Waals surface area contributed by atoms with Crippen molar-refractivity contribution in [3.63, 3.8) is 0 Å². The van der Waals surface area contributed by atoms with E-state index >= 15 is 0 Å². The Labute approximate surface area is 112 Å². The highest BCUT2D eigenvalue weighted by Gasteiger charge is 2.11. The minimum atomic E-state index is 0.419. The van der Waals surface area contributed by atoms with E-state index in [1.54, 1.807) is 0 Å². The zero-order valence-corrected chi connectivity index (χ0v) is 12.5. The van der Waals surface area contributed by atoms with E-state index in [4.69, 9.17) is 0 Å². The first kappa shape index (κ1) is 15.2. The van der Waals surface area contributed by atoms with Gasteiger partial charge in [-0.25, -0.2) is 0 Å². The monoisotopic (exact) mass is 248 g/mol. The zero-order chi connectivity index (χ0) is 13.5. The van der Waals surface area contributed by atoms with Crippen molar-refractivity contribution in [3.05, 3.63) is 35.4 Å². The van der Waals surface area contributed by atoms with E-state index in [0.717, 1.165) is 13.1 Å². The third-order valence-electron chi connectivity index (χ3n) is 3.45. The predicted molar refractivity (Wildman–Crippen MR) is 80.1 cm³/mol. The number of benzene rings is 1. The summed E-state index contributed by atoms with van der Waals surface area (Å²) in [5.41, 5.74) is 2.79. The molecule has 1 aromatic carbocycles. The standard InChI is InChI=1S/C16H28N2/c1-6-11-18(5)12-16(17-4)15-9-7-14(8-10-15)13(2)3/h7-10,13,16-17H,6,11-12H2,1-5H3. The Morgan fingerprint density at radius 1 is 1.11 bits per heavy atom. The fourth-order valence-electron chi connectivity index (χ4n) is 2.26. The summed E-state index contributed by atoms with van der Waals surface area (Å²) < 4.78 is 0. The van der Waals surface area contributed by atoms with Gasteiger partial charge in [0.1, 0.15) is 0 Å². The Bertz CT molecular complexity index is 329. The SMILES string of the molecule is CCCN(C)CC(NC)c1ccc(C(C)C)cc1. The largest absolute Gasteiger partial charge is 0.312 e. The average molecular weight is 248 g/mol. The molecule has 0 amide bonds. The van der Waals surface area contributed by atoms with Gasteiger partial charge in [-0.2, -0.15) is 0 Å². The van der Waals surface area contributed by atoms with Gasteiger partial charge in [-0.05, 0) is 44.1 Å². The Balaban J connectivity index is 2.70. The van der Waals surface area contributed by atoms with Crippen molar-refractivity contribution in [1.82, 2.24) is 10.2 Å². The van der Waals surface area contributed by atoms with Gasteiger partial charge < -0.3 is 10.2 Å². The number of nitrogens with zero attached hydrogens (tertiary/aromatic N) is 1. The molecule has 0 aromatic heterocycles. The minimum absolute atomic E-state index is 0.419. The van der Waals surface area contributed by atoms with Gasteiger partial charge in [0, 0.05) is 12.6 Å². The van der Waals surface area contributed by atoms with Crippen LogP contribution in [-0.2, 0) is 0 Å². The van der Waals surface area contributed by atoms with Gasteiger partial charge in [-0.15, -0.1) is 0 Å². The first-order valence-corrected chi connectivity index (χ1v) is 7.04. The number of likely N-dealkylation sites (N-methyl/N-ethyl adjacent to an activating group) is 2. The highest BCUT2D eigenvalue weighted by molar-refractivity contribution is 5.27. The van der Waals surface area contributed by atoms with Crippen molar-refractivity contribution >= 4 is 0 Å². The van der Waals surface area contributed by atoms with Crippen molar-refractivity contribution in [2.24, 2.45) is 0 Å². The number of hydrogen-bond acceptors (Lipinski definition) is 2. The van der Waals surface area contributed by atoms with E-state index in [1.165, 1.54) is 17.5 Å². The van der Waals surface area contributed by atoms with Crippen molar-refractivity contribution in [2.75, 3.05) is 27.2 Å². The van der Waals surface area contributed by atoms with Crippen LogP contribution in [0.3, 0.4) is 0 Å². The summed E-state index contributed by atoms with van der Waals surface area (Å²) in [4.78, 5) is 2.39. The molecule has 0 aliphatic rings. The van der Waals surface area contributed by atoms with Crippen LogP contribution in [0.25, 0.3) is 0 Å². The van der Waals surface area contributed by atoms with Crippen LogP contribution in [-0.4, -0.2) is 32.1 Å². The van der Waals surface area contributed by atoms with Gasteiger partial charge in [0.25, 0.3) is 0 Å². The third-order valence-corrected chi connectivity index (χ3v) is 3.45. The second-order valence-corrected chi connectivity index (χ2v) is 5.42. The molecule has 0 spiro atoms. The lowest BCUT2D eigenvalue weighted by Crippen LogP contribution is -2.31. The molecule has 1 N–H and O–H groups in total. The van der Waals surface area contributed by atoms with Crippen LogP contribution >= 0.6 is 0 Å². The second-order valence-electron chi connectivity index (χ2n) is 5.42. The molecule has 1 aromatic rings. The van der Waals surface area contributed by atoms with Gasteiger partial charge in [0.05, 0.1) is 0 Å². The molecule has 0 saturated carbocycles. The Kier molecular flexibility index (Phi) is 6.37. The van der Waals surface area contributed by atoms with Crippen LogP contribution < -0.4 is 5.32 Å². The normalized spacial score (nSPS) is 13.3. The Morgan fingerprint density at radius 2 is 1.67 bits per heavy atom. The molecule has 0 radical (unpaired) electrons. The van der Waals surface area contributed by atoms with Crippen LogP contribution in [0.5, 0.6) is 0 Å². The Hall–Kier alpha value is -0.860. The molecule has 2 nitrogen and oxygen atoms in total. The van der Waals surface area contributed by atoms with Crippen LogP contribution in [0.15, 0.2) is 24.3 Å². The number of nitrogens with one attached hydrogen (secondary N) is 1. The van der Waals surface area contributed by atoms with E-state index in [2.05, 4.69) is 62.3 Å². The molecule has 0 heterocycles. The second kappa shape index (κ2) is 7.55. The fourth-order valence-corrected chi connectivity index (χ4v) is 2.26. The van der Waals surface area contributed by atoms with E-state index in [1.807, 2.05) is 7.05 Å². The molecule has 1 unspecified atom stereocenters. The quantitative estimate of drug-likeness (QED) is 0.795. The van der Waals surface area contributed by atoms with Crippen molar-refractivity contribution in [1.29, 1.82) is 0 Å². The van der Waals surface area contributed by atoms with Crippen molar-refractivity contribution in [2.45, 2.75) is 39.2 Å². The van der Waals surface area contributed by atoms with Gasteiger partial charge in [0.15, 0.2) is 0 Å². The van der Waals surface area contributed by atoms with E-state index < -0.39 is 0 Å². The molecular weight excluding hydrogens is 220 g/mol. The molecule has 18 heavy (non-hydrogen) atoms. The van der Waals surface area contributed by atoms with Crippen LogP contribution in [0.1, 0.15) is 50.3 Å². The van der Waals surface area contributed by atoms with Gasteiger partial charge in [0.2, 0.25) is 0 Å². The molecule has 1 atom stereocenters. The summed E-state index contributed by atoms with van der Waals surface area (Å²) in [7, 11) is 4.23. The molecule has 0 aliphatic heterocycles. The maximum atomic E-state index is 3.41. The molecule has 102 valence electrons. The van der Waals surface area contributed by atoms with E-state index in [-0.39, 0.29) is 0 Å². The summed E-state index contributed by atoms with van der Waals surface area (Å²) in [6, 6.07) is 9.45. The van der Waals surface area contributed by atoms with Gasteiger partial charge >= 0.3 is 0 Å². The van der Waals surface area contributed by atoms with Gasteiger partial charge in [-0.3, -0.25) is 0 Å². The minimum Gasteiger partial charge on any atom is -0.312 e. The van der Waals surface area contributed by atoms with Crippen LogP contribution in [0.2, 0.25) is 0 Å². The van der Waals surface area contributed by atoms with E-state index in [9.17, 15) is 0 Å². The fraction of sp³-hybridized carbons (Fsp3) is 0.625. The highest BCUT2D eigenvalue weighted by Crippen LogP contribution is 2.19. The first-order valence-electron chi connectivity index (χ1n) is 7.04. The smallest absolute Gasteiger partial charge is 0.0446 e. The maximum absolute atomic E-state index is 3.41. The molecule has 2 heteroatoms. The first-order chi connectivity index (χ1) is 8.58. The molecule has 1 rings (SSSR count). The van der Waals surface area contributed by atoms with Crippen LogP contribution in [0, 0.1) is 0 Å². The lowest BCUT2D eigenvalue weighted by atomic mass is 9.99. The maximum Gasteiger partial charge on any atom is 0.0446 e. The Morgan fingerprint density at radius 3 is 2.11 bits per heavy atom. The van der Waals surface area contributed by atoms with E-state index in [0.29, 0.717) is 12.0 Å². The molecular formula is C16H28N2. The van der Waals surface area contributed by atoms with Crippen LogP contribution in [0.4, 0.5) is 0 Å². The van der Waals surface area contributed by atoms with Gasteiger partial charge in [-0.1, -0.05) is 45.0 Å². The molecule has 0 aliphatic carbocycles. The lowest BCUT2D eigenvalue weighted by Gasteiger charge is -2.24. The topological polar surface area (TPSA) is 15.3 Å². The van der Waals surface area contributed by atoms with Crippen molar-refractivity contribution < 1.29 is 0 Å². The third kappa shape index (κ3) is 4.43. The van der Waals surface area contributed by atoms with Crippen molar-refractivity contribution in [3.8, 4) is 0 Å². The lowest BCUT2D eigenvalue weighted by molar-refractivity contribution is 0.297. The summed E-state index contributed by atoms with van der Waals surface area (Å²) in [5.74, 6) is 0.606. The summed E-state index contributed by atoms with van der Waals surface area (Å²) >= 11 is 0. The highest BCUT2D eigenvalue weighted by atomic mass is 15.1. The molecule has 0 bridgehead atoms.